The number of amides is 3. The predicted molar refractivity (Wildman–Crippen MR) is 121 cm³/mol. The third-order valence-corrected chi connectivity index (χ3v) is 5.76. The Bertz CT molecular complexity index is 1150. The highest BCUT2D eigenvalue weighted by molar-refractivity contribution is 6.14. The molecule has 3 amide bonds. The maximum absolute atomic E-state index is 13.0. The molecule has 1 fully saturated rings. The lowest BCUT2D eigenvalue weighted by Crippen LogP contribution is -2.33. The molecular formula is C25H25N3O4. The van der Waals surface area contributed by atoms with Crippen LogP contribution in [-0.4, -0.2) is 24.3 Å². The minimum atomic E-state index is -0.796. The first-order valence-corrected chi connectivity index (χ1v) is 10.5. The summed E-state index contributed by atoms with van der Waals surface area (Å²) in [6.45, 7) is 4.73. The summed E-state index contributed by atoms with van der Waals surface area (Å²) in [6, 6.07) is 16.1. The first-order valence-electron chi connectivity index (χ1n) is 10.5. The predicted octanol–water partition coefficient (Wildman–Crippen LogP) is 3.82. The Balaban J connectivity index is 1.44. The van der Waals surface area contributed by atoms with Gasteiger partial charge in [-0.2, -0.15) is 0 Å². The molecule has 0 aliphatic carbocycles. The Morgan fingerprint density at radius 2 is 1.88 bits per heavy atom. The van der Waals surface area contributed by atoms with Gasteiger partial charge in [0, 0.05) is 12.2 Å². The van der Waals surface area contributed by atoms with Crippen molar-refractivity contribution in [2.75, 3.05) is 16.8 Å². The Morgan fingerprint density at radius 1 is 1.06 bits per heavy atom. The number of rotatable bonds is 6. The van der Waals surface area contributed by atoms with Crippen molar-refractivity contribution in [3.05, 3.63) is 83.3 Å². The lowest BCUT2D eigenvalue weighted by Gasteiger charge is -2.18. The third kappa shape index (κ3) is 4.42. The molecule has 1 saturated heterocycles. The van der Waals surface area contributed by atoms with Crippen LogP contribution in [0.1, 0.15) is 33.7 Å². The Kier molecular flexibility index (Phi) is 6.07. The normalized spacial score (nSPS) is 15.6. The van der Waals surface area contributed by atoms with E-state index in [2.05, 4.69) is 10.6 Å². The number of furan rings is 1. The number of nitrogens with zero attached hydrogens (tertiary/aromatic N) is 1. The van der Waals surface area contributed by atoms with Gasteiger partial charge in [-0.25, -0.2) is 0 Å². The van der Waals surface area contributed by atoms with Crippen molar-refractivity contribution in [3.63, 3.8) is 0 Å². The molecule has 7 nitrogen and oxygen atoms in total. The molecule has 2 N–H and O–H groups in total. The minimum absolute atomic E-state index is 0.231. The standard InChI is InChI=1S/C25H25N3O4/c1-16-9-10-18(14-17(16)2)28-12-11-21(25(28)31)24(30)27-22-8-4-3-7-20(22)23(29)26-15-19-6-5-13-32-19/h3-10,13-14,21H,11-12,15H2,1-2H3,(H,26,29)(H,27,30). The fourth-order valence-corrected chi connectivity index (χ4v) is 3.76. The van der Waals surface area contributed by atoms with E-state index in [4.69, 9.17) is 4.42 Å². The molecule has 2 heterocycles. The smallest absolute Gasteiger partial charge is 0.253 e. The first-order chi connectivity index (χ1) is 15.4. The van der Waals surface area contributed by atoms with E-state index < -0.39 is 11.8 Å². The summed E-state index contributed by atoms with van der Waals surface area (Å²) < 4.78 is 5.23. The van der Waals surface area contributed by atoms with Crippen LogP contribution in [0.3, 0.4) is 0 Å². The zero-order valence-corrected chi connectivity index (χ0v) is 18.1. The molecule has 2 aromatic carbocycles. The number of nitrogens with one attached hydrogen (secondary N) is 2. The van der Waals surface area contributed by atoms with Crippen LogP contribution < -0.4 is 15.5 Å². The van der Waals surface area contributed by atoms with E-state index in [1.807, 2.05) is 32.0 Å². The van der Waals surface area contributed by atoms with Crippen molar-refractivity contribution in [1.29, 1.82) is 0 Å². The number of hydrogen-bond acceptors (Lipinski definition) is 4. The second kappa shape index (κ2) is 9.09. The molecule has 0 radical (unpaired) electrons. The zero-order valence-electron chi connectivity index (χ0n) is 18.1. The quantitative estimate of drug-likeness (QED) is 0.581. The van der Waals surface area contributed by atoms with Crippen molar-refractivity contribution in [2.45, 2.75) is 26.8 Å². The van der Waals surface area contributed by atoms with Crippen molar-refractivity contribution >= 4 is 29.1 Å². The highest BCUT2D eigenvalue weighted by atomic mass is 16.3. The van der Waals surface area contributed by atoms with Crippen molar-refractivity contribution < 1.29 is 18.8 Å². The lowest BCUT2D eigenvalue weighted by molar-refractivity contribution is -0.129. The van der Waals surface area contributed by atoms with E-state index in [0.717, 1.165) is 16.8 Å². The van der Waals surface area contributed by atoms with Crippen LogP contribution in [0.2, 0.25) is 0 Å². The van der Waals surface area contributed by atoms with Gasteiger partial charge >= 0.3 is 0 Å². The third-order valence-electron chi connectivity index (χ3n) is 5.76. The molecule has 0 spiro atoms. The average molecular weight is 431 g/mol. The molecule has 4 rings (SSSR count). The summed E-state index contributed by atoms with van der Waals surface area (Å²) in [7, 11) is 0. The van der Waals surface area contributed by atoms with Gasteiger partial charge < -0.3 is 20.0 Å². The van der Waals surface area contributed by atoms with E-state index in [0.29, 0.717) is 30.0 Å². The number of carbonyl (C=O) groups excluding carboxylic acids is 3. The Labute approximate surface area is 186 Å². The molecule has 1 aliphatic rings. The molecule has 7 heteroatoms. The van der Waals surface area contributed by atoms with Gasteiger partial charge in [-0.15, -0.1) is 0 Å². The summed E-state index contributed by atoms with van der Waals surface area (Å²) in [5.41, 5.74) is 3.73. The summed E-state index contributed by atoms with van der Waals surface area (Å²) in [4.78, 5) is 40.2. The van der Waals surface area contributed by atoms with E-state index in [9.17, 15) is 14.4 Å². The SMILES string of the molecule is Cc1ccc(N2CCC(C(=O)Nc3ccccc3C(=O)NCc3ccco3)C2=O)cc1C. The van der Waals surface area contributed by atoms with E-state index >= 15 is 0 Å². The van der Waals surface area contributed by atoms with Crippen molar-refractivity contribution in [3.8, 4) is 0 Å². The van der Waals surface area contributed by atoms with Crippen LogP contribution in [0.15, 0.2) is 65.3 Å². The van der Waals surface area contributed by atoms with Gasteiger partial charge in [0.15, 0.2) is 0 Å². The molecule has 0 saturated carbocycles. The fourth-order valence-electron chi connectivity index (χ4n) is 3.76. The largest absolute Gasteiger partial charge is 0.467 e. The molecule has 0 bridgehead atoms. The van der Waals surface area contributed by atoms with Crippen LogP contribution >= 0.6 is 0 Å². The fraction of sp³-hybridized carbons (Fsp3) is 0.240. The van der Waals surface area contributed by atoms with Crippen LogP contribution in [0.25, 0.3) is 0 Å². The Hall–Kier alpha value is -3.87. The van der Waals surface area contributed by atoms with Gasteiger partial charge in [0.2, 0.25) is 11.8 Å². The van der Waals surface area contributed by atoms with Crippen LogP contribution in [0.5, 0.6) is 0 Å². The lowest BCUT2D eigenvalue weighted by atomic mass is 10.1. The highest BCUT2D eigenvalue weighted by Gasteiger charge is 2.38. The summed E-state index contributed by atoms with van der Waals surface area (Å²) in [5, 5.41) is 5.55. The maximum atomic E-state index is 13.0. The van der Waals surface area contributed by atoms with Crippen molar-refractivity contribution in [1.82, 2.24) is 5.32 Å². The van der Waals surface area contributed by atoms with E-state index in [1.165, 1.54) is 6.26 Å². The number of benzene rings is 2. The minimum Gasteiger partial charge on any atom is -0.467 e. The number of para-hydroxylation sites is 1. The van der Waals surface area contributed by atoms with Gasteiger partial charge in [0.05, 0.1) is 24.1 Å². The maximum Gasteiger partial charge on any atom is 0.253 e. The number of carbonyl (C=O) groups is 3. The molecule has 1 aliphatic heterocycles. The van der Waals surface area contributed by atoms with Crippen LogP contribution in [0.4, 0.5) is 11.4 Å². The summed E-state index contributed by atoms with van der Waals surface area (Å²) in [6.07, 6.45) is 1.96. The molecule has 164 valence electrons. The zero-order chi connectivity index (χ0) is 22.7. The molecular weight excluding hydrogens is 406 g/mol. The van der Waals surface area contributed by atoms with E-state index in [-0.39, 0.29) is 18.4 Å². The topological polar surface area (TPSA) is 91.7 Å². The molecule has 3 aromatic rings. The number of anilines is 2. The molecule has 1 aromatic heterocycles. The monoisotopic (exact) mass is 431 g/mol. The molecule has 1 unspecified atom stereocenters. The van der Waals surface area contributed by atoms with Gasteiger partial charge in [-0.3, -0.25) is 14.4 Å². The molecule has 32 heavy (non-hydrogen) atoms. The van der Waals surface area contributed by atoms with E-state index in [1.54, 1.807) is 41.3 Å². The second-order valence-corrected chi connectivity index (χ2v) is 7.90. The first kappa shape index (κ1) is 21.4. The van der Waals surface area contributed by atoms with Gasteiger partial charge in [-0.1, -0.05) is 18.2 Å². The number of hydrogen-bond donors (Lipinski definition) is 2. The van der Waals surface area contributed by atoms with Crippen LogP contribution in [0, 0.1) is 19.8 Å². The highest BCUT2D eigenvalue weighted by Crippen LogP contribution is 2.28. The van der Waals surface area contributed by atoms with Gasteiger partial charge in [-0.05, 0) is 67.8 Å². The average Bonchev–Trinajstić information content (AvgIpc) is 3.44. The molecule has 1 atom stereocenters. The number of aryl methyl sites for hydroxylation is 2. The van der Waals surface area contributed by atoms with Crippen LogP contribution in [-0.2, 0) is 16.1 Å². The van der Waals surface area contributed by atoms with Gasteiger partial charge in [0.1, 0.15) is 11.7 Å². The van der Waals surface area contributed by atoms with Gasteiger partial charge in [0.25, 0.3) is 5.91 Å². The second-order valence-electron chi connectivity index (χ2n) is 7.90. The van der Waals surface area contributed by atoms with Crippen molar-refractivity contribution in [2.24, 2.45) is 5.92 Å². The summed E-state index contributed by atoms with van der Waals surface area (Å²) >= 11 is 0. The Morgan fingerprint density at radius 3 is 2.62 bits per heavy atom. The summed E-state index contributed by atoms with van der Waals surface area (Å²) in [5.74, 6) is -1.15.